The standard InChI is InChI=1S/C24H28F3N7/c1-16(2)32(4)22-29-20(18-8-5-7-17(3)15-18)30-23(31-22)34-13-11-33(12-14-34)21-19(24(25,26)27)9-6-10-28-21/h5-10,15-16H,11-14H2,1-4H3. The monoisotopic (exact) mass is 471 g/mol. The van der Waals surface area contributed by atoms with Crippen molar-refractivity contribution in [3.8, 4) is 11.4 Å². The fourth-order valence-electron chi connectivity index (χ4n) is 3.79. The van der Waals surface area contributed by atoms with Crippen LogP contribution in [0.2, 0.25) is 0 Å². The average molecular weight is 472 g/mol. The Morgan fingerprint density at radius 2 is 1.65 bits per heavy atom. The fraction of sp³-hybridized carbons (Fsp3) is 0.417. The maximum atomic E-state index is 13.5. The smallest absolute Gasteiger partial charge is 0.353 e. The van der Waals surface area contributed by atoms with Crippen LogP contribution < -0.4 is 14.7 Å². The zero-order chi connectivity index (χ0) is 24.5. The third-order valence-corrected chi connectivity index (χ3v) is 5.93. The van der Waals surface area contributed by atoms with E-state index in [1.54, 1.807) is 4.90 Å². The minimum atomic E-state index is -4.45. The van der Waals surface area contributed by atoms with Gasteiger partial charge in [0.1, 0.15) is 5.82 Å². The Hall–Kier alpha value is -3.43. The number of halogens is 3. The zero-order valence-corrected chi connectivity index (χ0v) is 19.7. The molecule has 0 N–H and O–H groups in total. The number of rotatable bonds is 5. The number of anilines is 3. The molecule has 2 aromatic heterocycles. The molecular weight excluding hydrogens is 443 g/mol. The van der Waals surface area contributed by atoms with Crippen LogP contribution in [0.25, 0.3) is 11.4 Å². The fourth-order valence-corrected chi connectivity index (χ4v) is 3.79. The Labute approximate surface area is 197 Å². The van der Waals surface area contributed by atoms with Gasteiger partial charge in [-0.05, 0) is 39.0 Å². The number of benzene rings is 1. The molecule has 1 aliphatic heterocycles. The molecular formula is C24H28F3N7. The van der Waals surface area contributed by atoms with Crippen molar-refractivity contribution in [2.75, 3.05) is 47.9 Å². The molecule has 1 fully saturated rings. The highest BCUT2D eigenvalue weighted by Crippen LogP contribution is 2.35. The van der Waals surface area contributed by atoms with Gasteiger partial charge in [-0.2, -0.15) is 28.1 Å². The molecule has 1 aliphatic rings. The Bertz CT molecular complexity index is 1140. The van der Waals surface area contributed by atoms with Gasteiger partial charge in [0.05, 0.1) is 5.56 Å². The van der Waals surface area contributed by atoms with Crippen molar-refractivity contribution in [2.24, 2.45) is 0 Å². The molecule has 7 nitrogen and oxygen atoms in total. The number of pyridine rings is 1. The van der Waals surface area contributed by atoms with E-state index >= 15 is 0 Å². The largest absolute Gasteiger partial charge is 0.419 e. The highest BCUT2D eigenvalue weighted by Gasteiger charge is 2.36. The van der Waals surface area contributed by atoms with E-state index in [1.807, 2.05) is 48.0 Å². The molecule has 0 bridgehead atoms. The molecule has 3 heterocycles. The second-order valence-electron chi connectivity index (χ2n) is 8.68. The summed E-state index contributed by atoms with van der Waals surface area (Å²) in [5, 5.41) is 0. The van der Waals surface area contributed by atoms with Crippen molar-refractivity contribution in [1.29, 1.82) is 0 Å². The van der Waals surface area contributed by atoms with Crippen molar-refractivity contribution in [1.82, 2.24) is 19.9 Å². The predicted molar refractivity (Wildman–Crippen MR) is 127 cm³/mol. The van der Waals surface area contributed by atoms with Crippen molar-refractivity contribution >= 4 is 17.7 Å². The van der Waals surface area contributed by atoms with Crippen LogP contribution in [0.4, 0.5) is 30.9 Å². The number of hydrogen-bond donors (Lipinski definition) is 0. The Kier molecular flexibility index (Phi) is 6.58. The van der Waals surface area contributed by atoms with Gasteiger partial charge in [0.25, 0.3) is 0 Å². The topological polar surface area (TPSA) is 61.3 Å². The minimum Gasteiger partial charge on any atom is -0.353 e. The minimum absolute atomic E-state index is 0.0361. The molecule has 0 atom stereocenters. The lowest BCUT2D eigenvalue weighted by molar-refractivity contribution is -0.137. The van der Waals surface area contributed by atoms with Gasteiger partial charge in [-0.3, -0.25) is 0 Å². The maximum absolute atomic E-state index is 13.5. The number of nitrogens with zero attached hydrogens (tertiary/aromatic N) is 7. The third-order valence-electron chi connectivity index (χ3n) is 5.93. The van der Waals surface area contributed by atoms with E-state index < -0.39 is 11.7 Å². The van der Waals surface area contributed by atoms with Crippen molar-refractivity contribution < 1.29 is 13.2 Å². The Morgan fingerprint density at radius 3 is 2.29 bits per heavy atom. The van der Waals surface area contributed by atoms with Gasteiger partial charge in [0, 0.05) is 51.0 Å². The Balaban J connectivity index is 1.62. The molecule has 1 saturated heterocycles. The first kappa shape index (κ1) is 23.7. The maximum Gasteiger partial charge on any atom is 0.419 e. The van der Waals surface area contributed by atoms with E-state index in [9.17, 15) is 13.2 Å². The quantitative estimate of drug-likeness (QED) is 0.546. The molecule has 0 amide bonds. The van der Waals surface area contributed by atoms with Crippen LogP contribution in [0, 0.1) is 6.92 Å². The highest BCUT2D eigenvalue weighted by atomic mass is 19.4. The summed E-state index contributed by atoms with van der Waals surface area (Å²) >= 11 is 0. The number of piperazine rings is 1. The molecule has 0 radical (unpaired) electrons. The summed E-state index contributed by atoms with van der Waals surface area (Å²) < 4.78 is 40.4. The van der Waals surface area contributed by atoms with E-state index in [0.29, 0.717) is 43.9 Å². The molecule has 3 aromatic rings. The van der Waals surface area contributed by atoms with Gasteiger partial charge in [0.15, 0.2) is 5.82 Å². The van der Waals surface area contributed by atoms with Gasteiger partial charge in [-0.1, -0.05) is 23.8 Å². The summed E-state index contributed by atoms with van der Waals surface area (Å²) in [6.07, 6.45) is -3.06. The Morgan fingerprint density at radius 1 is 0.941 bits per heavy atom. The summed E-state index contributed by atoms with van der Waals surface area (Å²) in [6.45, 7) is 7.81. The summed E-state index contributed by atoms with van der Waals surface area (Å²) in [4.78, 5) is 23.8. The first-order valence-electron chi connectivity index (χ1n) is 11.2. The average Bonchev–Trinajstić information content (AvgIpc) is 2.83. The van der Waals surface area contributed by atoms with E-state index in [1.165, 1.54) is 12.3 Å². The van der Waals surface area contributed by atoms with Crippen LogP contribution in [-0.2, 0) is 6.18 Å². The second kappa shape index (κ2) is 9.44. The normalized spacial score (nSPS) is 14.6. The van der Waals surface area contributed by atoms with E-state index in [-0.39, 0.29) is 11.9 Å². The zero-order valence-electron chi connectivity index (χ0n) is 19.7. The summed E-state index contributed by atoms with van der Waals surface area (Å²) in [5.74, 6) is 1.61. The van der Waals surface area contributed by atoms with Crippen LogP contribution in [-0.4, -0.2) is 59.2 Å². The van der Waals surface area contributed by atoms with Gasteiger partial charge >= 0.3 is 6.18 Å². The molecule has 0 spiro atoms. The van der Waals surface area contributed by atoms with Crippen LogP contribution in [0.5, 0.6) is 0 Å². The van der Waals surface area contributed by atoms with Crippen molar-refractivity contribution in [3.05, 3.63) is 53.7 Å². The first-order valence-corrected chi connectivity index (χ1v) is 11.2. The van der Waals surface area contributed by atoms with Crippen LogP contribution >= 0.6 is 0 Å². The number of hydrogen-bond acceptors (Lipinski definition) is 7. The molecule has 0 aliphatic carbocycles. The van der Waals surface area contributed by atoms with E-state index in [2.05, 4.69) is 18.8 Å². The van der Waals surface area contributed by atoms with Crippen LogP contribution in [0.1, 0.15) is 25.0 Å². The lowest BCUT2D eigenvalue weighted by Crippen LogP contribution is -2.48. The molecule has 0 saturated carbocycles. The number of aryl methyl sites for hydroxylation is 1. The van der Waals surface area contributed by atoms with E-state index in [0.717, 1.165) is 17.2 Å². The van der Waals surface area contributed by atoms with Gasteiger partial charge in [-0.15, -0.1) is 0 Å². The lowest BCUT2D eigenvalue weighted by Gasteiger charge is -2.36. The van der Waals surface area contributed by atoms with Gasteiger partial charge in [0.2, 0.25) is 11.9 Å². The first-order chi connectivity index (χ1) is 16.1. The number of aromatic nitrogens is 4. The van der Waals surface area contributed by atoms with Crippen molar-refractivity contribution in [3.63, 3.8) is 0 Å². The SMILES string of the molecule is Cc1cccc(-c2nc(N3CCN(c4ncccc4C(F)(F)F)CC3)nc(N(C)C(C)C)n2)c1. The molecule has 34 heavy (non-hydrogen) atoms. The second-order valence-corrected chi connectivity index (χ2v) is 8.68. The molecule has 1 aromatic carbocycles. The summed E-state index contributed by atoms with van der Waals surface area (Å²) in [5.41, 5.74) is 1.28. The van der Waals surface area contributed by atoms with E-state index in [4.69, 9.17) is 15.0 Å². The molecule has 0 unspecified atom stereocenters. The highest BCUT2D eigenvalue weighted by molar-refractivity contribution is 5.60. The van der Waals surface area contributed by atoms with Crippen LogP contribution in [0.3, 0.4) is 0 Å². The third kappa shape index (κ3) is 5.05. The lowest BCUT2D eigenvalue weighted by atomic mass is 10.1. The number of alkyl halides is 3. The summed E-state index contributed by atoms with van der Waals surface area (Å²) in [7, 11) is 1.93. The van der Waals surface area contributed by atoms with Crippen molar-refractivity contribution in [2.45, 2.75) is 33.0 Å². The predicted octanol–water partition coefficient (Wildman–Crippen LogP) is 4.43. The van der Waals surface area contributed by atoms with Gasteiger partial charge < -0.3 is 14.7 Å². The van der Waals surface area contributed by atoms with Gasteiger partial charge in [-0.25, -0.2) is 4.98 Å². The summed E-state index contributed by atoms with van der Waals surface area (Å²) in [6, 6.07) is 10.5. The van der Waals surface area contributed by atoms with Crippen LogP contribution in [0.15, 0.2) is 42.6 Å². The molecule has 4 rings (SSSR count). The molecule has 10 heteroatoms. The molecule has 180 valence electrons.